The number of likely N-dealkylation sites (tertiary alicyclic amines) is 1. The van der Waals surface area contributed by atoms with Crippen molar-refractivity contribution in [3.8, 4) is 0 Å². The van der Waals surface area contributed by atoms with Crippen LogP contribution in [0.2, 0.25) is 0 Å². The molecule has 124 valence electrons. The Kier molecular flexibility index (Phi) is 4.08. The standard InChI is InChI=1S/C16H21BrN4O2/c1-9-10(17)8-11-13(18-9)20-14(19-11)12-6-5-7-21(12)15(22)23-16(2,3)4/h8,12H,5-7H2,1-4H3,(H,18,19,20). The van der Waals surface area contributed by atoms with E-state index in [0.717, 1.165) is 34.3 Å². The number of aryl methyl sites for hydroxylation is 1. The minimum atomic E-state index is -0.498. The Morgan fingerprint density at radius 2 is 2.17 bits per heavy atom. The highest BCUT2D eigenvalue weighted by Crippen LogP contribution is 2.33. The first-order valence-electron chi connectivity index (χ1n) is 7.77. The van der Waals surface area contributed by atoms with Crippen molar-refractivity contribution in [2.45, 2.75) is 52.2 Å². The highest BCUT2D eigenvalue weighted by molar-refractivity contribution is 9.10. The minimum Gasteiger partial charge on any atom is -0.444 e. The Morgan fingerprint density at radius 3 is 2.87 bits per heavy atom. The molecule has 2 aromatic rings. The van der Waals surface area contributed by atoms with Gasteiger partial charge in [-0.1, -0.05) is 0 Å². The maximum absolute atomic E-state index is 12.4. The topological polar surface area (TPSA) is 71.1 Å². The molecule has 1 aliphatic heterocycles. The van der Waals surface area contributed by atoms with Crippen LogP contribution < -0.4 is 0 Å². The molecule has 23 heavy (non-hydrogen) atoms. The number of aromatic nitrogens is 3. The molecule has 1 amide bonds. The van der Waals surface area contributed by atoms with E-state index in [1.54, 1.807) is 4.90 Å². The second-order valence-electron chi connectivity index (χ2n) is 6.88. The average molecular weight is 381 g/mol. The lowest BCUT2D eigenvalue weighted by molar-refractivity contribution is 0.0219. The molecule has 0 bridgehead atoms. The van der Waals surface area contributed by atoms with Gasteiger partial charge in [-0.05, 0) is 62.5 Å². The normalized spacial score (nSPS) is 18.7. The lowest BCUT2D eigenvalue weighted by Gasteiger charge is -2.27. The predicted molar refractivity (Wildman–Crippen MR) is 91.2 cm³/mol. The fourth-order valence-corrected chi connectivity index (χ4v) is 3.09. The number of imidazole rings is 1. The lowest BCUT2D eigenvalue weighted by atomic mass is 10.2. The van der Waals surface area contributed by atoms with Gasteiger partial charge >= 0.3 is 6.09 Å². The molecular formula is C16H21BrN4O2. The maximum Gasteiger partial charge on any atom is 0.410 e. The summed E-state index contributed by atoms with van der Waals surface area (Å²) in [4.78, 5) is 26.5. The Balaban J connectivity index is 1.89. The molecule has 1 N–H and O–H groups in total. The number of carbonyl (C=O) groups excluding carboxylic acids is 1. The van der Waals surface area contributed by atoms with Crippen molar-refractivity contribution in [2.24, 2.45) is 0 Å². The quantitative estimate of drug-likeness (QED) is 0.807. The molecular weight excluding hydrogens is 360 g/mol. The molecule has 1 saturated heterocycles. The molecule has 1 fully saturated rings. The van der Waals surface area contributed by atoms with Crippen LogP contribution in [0.4, 0.5) is 4.79 Å². The summed E-state index contributed by atoms with van der Waals surface area (Å²) in [5, 5.41) is 0. The van der Waals surface area contributed by atoms with Gasteiger partial charge < -0.3 is 9.72 Å². The number of aromatic amines is 1. The van der Waals surface area contributed by atoms with Crippen molar-refractivity contribution in [1.82, 2.24) is 19.9 Å². The zero-order valence-corrected chi connectivity index (χ0v) is 15.4. The zero-order chi connectivity index (χ0) is 16.8. The molecule has 3 heterocycles. The van der Waals surface area contributed by atoms with Crippen LogP contribution >= 0.6 is 15.9 Å². The van der Waals surface area contributed by atoms with Gasteiger partial charge in [-0.3, -0.25) is 4.90 Å². The largest absolute Gasteiger partial charge is 0.444 e. The number of halogens is 1. The van der Waals surface area contributed by atoms with Gasteiger partial charge in [0.1, 0.15) is 11.4 Å². The van der Waals surface area contributed by atoms with Crippen molar-refractivity contribution < 1.29 is 9.53 Å². The van der Waals surface area contributed by atoms with E-state index in [9.17, 15) is 4.79 Å². The van der Waals surface area contributed by atoms with Gasteiger partial charge in [-0.25, -0.2) is 14.8 Å². The molecule has 0 aliphatic carbocycles. The molecule has 1 aliphatic rings. The van der Waals surface area contributed by atoms with Crippen molar-refractivity contribution in [3.05, 3.63) is 22.1 Å². The molecule has 1 unspecified atom stereocenters. The number of hydrogen-bond acceptors (Lipinski definition) is 4. The van der Waals surface area contributed by atoms with Gasteiger partial charge in [0.15, 0.2) is 5.65 Å². The predicted octanol–water partition coefficient (Wildman–Crippen LogP) is 4.10. The van der Waals surface area contributed by atoms with Crippen molar-refractivity contribution in [1.29, 1.82) is 0 Å². The number of carbonyl (C=O) groups is 1. The van der Waals surface area contributed by atoms with Gasteiger partial charge in [-0.2, -0.15) is 0 Å². The van der Waals surface area contributed by atoms with E-state index in [4.69, 9.17) is 4.74 Å². The summed E-state index contributed by atoms with van der Waals surface area (Å²) in [5.74, 6) is 0.772. The third-order valence-corrected chi connectivity index (χ3v) is 4.62. The van der Waals surface area contributed by atoms with E-state index in [0.29, 0.717) is 12.2 Å². The van der Waals surface area contributed by atoms with Crippen molar-refractivity contribution >= 4 is 33.2 Å². The van der Waals surface area contributed by atoms with Crippen LogP contribution in [0.5, 0.6) is 0 Å². The van der Waals surface area contributed by atoms with E-state index < -0.39 is 5.60 Å². The van der Waals surface area contributed by atoms with Gasteiger partial charge in [0.25, 0.3) is 0 Å². The maximum atomic E-state index is 12.4. The monoisotopic (exact) mass is 380 g/mol. The number of ether oxygens (including phenoxy) is 1. The molecule has 7 heteroatoms. The smallest absolute Gasteiger partial charge is 0.410 e. The summed E-state index contributed by atoms with van der Waals surface area (Å²) in [5.41, 5.74) is 1.94. The van der Waals surface area contributed by atoms with E-state index in [2.05, 4.69) is 30.9 Å². The van der Waals surface area contributed by atoms with E-state index >= 15 is 0 Å². The second kappa shape index (κ2) is 5.78. The van der Waals surface area contributed by atoms with Crippen LogP contribution in [-0.2, 0) is 4.74 Å². The Hall–Kier alpha value is -1.63. The summed E-state index contributed by atoms with van der Waals surface area (Å²) < 4.78 is 6.45. The van der Waals surface area contributed by atoms with Gasteiger partial charge in [0, 0.05) is 11.0 Å². The Bertz CT molecular complexity index is 711. The summed E-state index contributed by atoms with van der Waals surface area (Å²) in [6.45, 7) is 8.25. The molecule has 1 atom stereocenters. The van der Waals surface area contributed by atoms with Crippen molar-refractivity contribution in [3.63, 3.8) is 0 Å². The first kappa shape index (κ1) is 16.2. The van der Waals surface area contributed by atoms with E-state index in [1.807, 2.05) is 33.8 Å². The number of hydrogen-bond donors (Lipinski definition) is 1. The molecule has 0 saturated carbocycles. The zero-order valence-electron chi connectivity index (χ0n) is 13.8. The highest BCUT2D eigenvalue weighted by atomic mass is 79.9. The average Bonchev–Trinajstić information content (AvgIpc) is 3.03. The van der Waals surface area contributed by atoms with Gasteiger partial charge in [0.2, 0.25) is 0 Å². The summed E-state index contributed by atoms with van der Waals surface area (Å²) in [7, 11) is 0. The van der Waals surface area contributed by atoms with E-state index in [-0.39, 0.29) is 12.1 Å². The number of rotatable bonds is 1. The number of H-pyrrole nitrogens is 1. The SMILES string of the molecule is Cc1nc2nc(C3CCCN3C(=O)OC(C)(C)C)[nH]c2cc1Br. The number of pyridine rings is 1. The fraction of sp³-hybridized carbons (Fsp3) is 0.562. The van der Waals surface area contributed by atoms with Crippen LogP contribution in [0.25, 0.3) is 11.2 Å². The molecule has 6 nitrogen and oxygen atoms in total. The molecule has 0 aromatic carbocycles. The van der Waals surface area contributed by atoms with E-state index in [1.165, 1.54) is 0 Å². The van der Waals surface area contributed by atoms with Crippen molar-refractivity contribution in [2.75, 3.05) is 6.54 Å². The Morgan fingerprint density at radius 1 is 1.43 bits per heavy atom. The number of nitrogens with one attached hydrogen (secondary N) is 1. The highest BCUT2D eigenvalue weighted by Gasteiger charge is 2.35. The van der Waals surface area contributed by atoms with Crippen LogP contribution in [0.3, 0.4) is 0 Å². The number of nitrogens with zero attached hydrogens (tertiary/aromatic N) is 3. The third kappa shape index (κ3) is 3.34. The first-order valence-corrected chi connectivity index (χ1v) is 8.56. The van der Waals surface area contributed by atoms with Crippen LogP contribution in [0.15, 0.2) is 10.5 Å². The van der Waals surface area contributed by atoms with Crippen LogP contribution in [-0.4, -0.2) is 38.1 Å². The van der Waals surface area contributed by atoms with Gasteiger partial charge in [-0.15, -0.1) is 0 Å². The summed E-state index contributed by atoms with van der Waals surface area (Å²) in [6.07, 6.45) is 1.53. The second-order valence-corrected chi connectivity index (χ2v) is 7.73. The lowest BCUT2D eigenvalue weighted by Crippen LogP contribution is -2.36. The molecule has 0 spiro atoms. The summed E-state index contributed by atoms with van der Waals surface area (Å²) >= 11 is 3.48. The van der Waals surface area contributed by atoms with Crippen LogP contribution in [0.1, 0.15) is 51.2 Å². The minimum absolute atomic E-state index is 0.0851. The number of fused-ring (bicyclic) bond motifs is 1. The Labute approximate surface area is 143 Å². The molecule has 3 rings (SSSR count). The fourth-order valence-electron chi connectivity index (χ4n) is 2.77. The van der Waals surface area contributed by atoms with Crippen LogP contribution in [0, 0.1) is 6.92 Å². The number of amides is 1. The van der Waals surface area contributed by atoms with Gasteiger partial charge in [0.05, 0.1) is 17.3 Å². The summed E-state index contributed by atoms with van der Waals surface area (Å²) in [6, 6.07) is 1.89. The third-order valence-electron chi connectivity index (χ3n) is 3.82. The molecule has 0 radical (unpaired) electrons. The molecule has 2 aromatic heterocycles. The first-order chi connectivity index (χ1) is 10.7.